The second-order valence-electron chi connectivity index (χ2n) is 8.28. The summed E-state index contributed by atoms with van der Waals surface area (Å²) in [5.74, 6) is -0.655. The highest BCUT2D eigenvalue weighted by atomic mass is 19.1. The zero-order chi connectivity index (χ0) is 24.8. The maximum absolute atomic E-state index is 13.6. The van der Waals surface area contributed by atoms with Gasteiger partial charge in [-0.15, -0.1) is 0 Å². The summed E-state index contributed by atoms with van der Waals surface area (Å²) in [7, 11) is 1.23. The van der Waals surface area contributed by atoms with Gasteiger partial charge in [0.05, 0.1) is 37.1 Å². The van der Waals surface area contributed by atoms with Crippen molar-refractivity contribution in [1.29, 1.82) is 0 Å². The molecule has 0 radical (unpaired) electrons. The zero-order valence-corrected chi connectivity index (χ0v) is 19.3. The van der Waals surface area contributed by atoms with Crippen LogP contribution in [0.15, 0.2) is 54.6 Å². The van der Waals surface area contributed by atoms with E-state index in [0.29, 0.717) is 28.3 Å². The Balaban J connectivity index is 2.05. The molecule has 0 fully saturated rings. The number of rotatable bonds is 9. The largest absolute Gasteiger partial charge is 0.469 e. The van der Waals surface area contributed by atoms with Gasteiger partial charge in [0.1, 0.15) is 17.5 Å². The highest BCUT2D eigenvalue weighted by Crippen LogP contribution is 2.35. The number of hydrogen-bond acceptors (Lipinski definition) is 5. The first-order valence-corrected chi connectivity index (χ1v) is 10.9. The van der Waals surface area contributed by atoms with Gasteiger partial charge in [-0.25, -0.2) is 13.8 Å². The minimum absolute atomic E-state index is 0.0138. The predicted molar refractivity (Wildman–Crippen MR) is 126 cm³/mol. The average molecular weight is 471 g/mol. The van der Waals surface area contributed by atoms with Crippen LogP contribution in [0.4, 0.5) is 8.78 Å². The molecule has 0 spiro atoms. The summed E-state index contributed by atoms with van der Waals surface area (Å²) in [5.41, 5.74) is 2.60. The van der Waals surface area contributed by atoms with Crippen LogP contribution in [0.2, 0.25) is 0 Å². The molecule has 0 saturated carbocycles. The van der Waals surface area contributed by atoms with Crippen molar-refractivity contribution in [3.05, 3.63) is 72.1 Å². The molecule has 8 heteroatoms. The molecule has 0 amide bonds. The third-order valence-electron chi connectivity index (χ3n) is 5.29. The van der Waals surface area contributed by atoms with Gasteiger partial charge in [-0.3, -0.25) is 4.79 Å². The zero-order valence-electron chi connectivity index (χ0n) is 19.3. The summed E-state index contributed by atoms with van der Waals surface area (Å²) in [4.78, 5) is 16.1. The molecular weight excluding hydrogens is 442 g/mol. The van der Waals surface area contributed by atoms with Crippen molar-refractivity contribution >= 4 is 12.2 Å². The summed E-state index contributed by atoms with van der Waals surface area (Å²) in [5, 5.41) is 20.4. The molecule has 6 nitrogen and oxygen atoms in total. The molecule has 1 heterocycles. The number of aliphatic hydroxyl groups excluding tert-OH is 2. The molecule has 3 rings (SSSR count). The Hall–Kier alpha value is -3.36. The molecule has 0 saturated heterocycles. The molecule has 3 aromatic rings. The number of benzene rings is 2. The van der Waals surface area contributed by atoms with Gasteiger partial charge in [-0.05, 0) is 54.6 Å². The number of hydrogen-bond donors (Lipinski definition) is 2. The lowest BCUT2D eigenvalue weighted by atomic mass is 10.0. The minimum Gasteiger partial charge on any atom is -0.469 e. The van der Waals surface area contributed by atoms with E-state index in [1.54, 1.807) is 35.0 Å². The van der Waals surface area contributed by atoms with E-state index < -0.39 is 18.2 Å². The molecule has 0 bridgehead atoms. The molecule has 2 unspecified atom stereocenters. The standard InChI is InChI=1S/C26H28F2N2O4/c1-16(2)26-29-24(17-4-8-19(27)9-5-17)25(18-6-10-20(28)11-7-18)30(26)13-12-21(31)14-22(32)15-23(33)34-3/h4-13,16,21-22,31-32H,14-15H2,1-3H3/b13-12+. The van der Waals surface area contributed by atoms with Crippen LogP contribution in [0.1, 0.15) is 38.4 Å². The Morgan fingerprint density at radius 3 is 2.12 bits per heavy atom. The van der Waals surface area contributed by atoms with Gasteiger partial charge >= 0.3 is 5.97 Å². The smallest absolute Gasteiger partial charge is 0.308 e. The molecule has 2 aromatic carbocycles. The van der Waals surface area contributed by atoms with Crippen LogP contribution in [0.25, 0.3) is 28.7 Å². The Morgan fingerprint density at radius 2 is 1.59 bits per heavy atom. The number of carbonyl (C=O) groups is 1. The Labute approximate surface area is 197 Å². The summed E-state index contributed by atoms with van der Waals surface area (Å²) < 4.78 is 33.5. The fraction of sp³-hybridized carbons (Fsp3) is 0.308. The van der Waals surface area contributed by atoms with Crippen LogP contribution in [-0.4, -0.2) is 45.1 Å². The van der Waals surface area contributed by atoms with Crippen molar-refractivity contribution < 1.29 is 28.5 Å². The van der Waals surface area contributed by atoms with Gasteiger partial charge in [-0.2, -0.15) is 0 Å². The molecule has 2 N–H and O–H groups in total. The average Bonchev–Trinajstić information content (AvgIpc) is 3.18. The number of carbonyl (C=O) groups excluding carboxylic acids is 1. The molecule has 0 aliphatic heterocycles. The Morgan fingerprint density at radius 1 is 1.03 bits per heavy atom. The lowest BCUT2D eigenvalue weighted by Crippen LogP contribution is -2.20. The predicted octanol–water partition coefficient (Wildman–Crippen LogP) is 4.76. The van der Waals surface area contributed by atoms with Crippen LogP contribution in [0.3, 0.4) is 0 Å². The summed E-state index contributed by atoms with van der Waals surface area (Å²) in [6.07, 6.45) is 0.745. The number of imidazole rings is 1. The van der Waals surface area contributed by atoms with Crippen molar-refractivity contribution in [1.82, 2.24) is 9.55 Å². The Kier molecular flexibility index (Phi) is 8.31. The van der Waals surface area contributed by atoms with E-state index in [2.05, 4.69) is 4.74 Å². The highest BCUT2D eigenvalue weighted by Gasteiger charge is 2.21. The number of nitrogens with zero attached hydrogens (tertiary/aromatic N) is 2. The first kappa shape index (κ1) is 25.3. The van der Waals surface area contributed by atoms with Gasteiger partial charge in [0, 0.05) is 29.7 Å². The number of esters is 1. The van der Waals surface area contributed by atoms with Gasteiger partial charge in [0.2, 0.25) is 0 Å². The maximum atomic E-state index is 13.6. The number of aliphatic hydroxyl groups is 2. The van der Waals surface area contributed by atoms with Crippen molar-refractivity contribution in [3.8, 4) is 22.5 Å². The fourth-order valence-corrected chi connectivity index (χ4v) is 3.60. The maximum Gasteiger partial charge on any atom is 0.308 e. The summed E-state index contributed by atoms with van der Waals surface area (Å²) in [6.45, 7) is 3.93. The monoisotopic (exact) mass is 470 g/mol. The molecule has 180 valence electrons. The molecule has 34 heavy (non-hydrogen) atoms. The van der Waals surface area contributed by atoms with E-state index in [9.17, 15) is 23.8 Å². The topological polar surface area (TPSA) is 84.6 Å². The van der Waals surface area contributed by atoms with Crippen LogP contribution in [-0.2, 0) is 9.53 Å². The van der Waals surface area contributed by atoms with Crippen molar-refractivity contribution in [2.45, 2.75) is 44.8 Å². The van der Waals surface area contributed by atoms with E-state index in [-0.39, 0.29) is 30.4 Å². The molecule has 2 atom stereocenters. The third kappa shape index (κ3) is 6.15. The van der Waals surface area contributed by atoms with Crippen molar-refractivity contribution in [2.75, 3.05) is 7.11 Å². The number of methoxy groups -OCH3 is 1. The normalized spacial score (nSPS) is 13.4. The second kappa shape index (κ2) is 11.2. The number of halogens is 2. The SMILES string of the molecule is COC(=O)CC(O)CC(O)/C=C/n1c(C(C)C)nc(-c2ccc(F)cc2)c1-c1ccc(F)cc1. The van der Waals surface area contributed by atoms with Crippen LogP contribution in [0, 0.1) is 11.6 Å². The van der Waals surface area contributed by atoms with E-state index in [0.717, 1.165) is 0 Å². The summed E-state index contributed by atoms with van der Waals surface area (Å²) >= 11 is 0. The van der Waals surface area contributed by atoms with E-state index in [1.165, 1.54) is 37.5 Å². The van der Waals surface area contributed by atoms with Gasteiger partial charge in [-0.1, -0.05) is 13.8 Å². The molecule has 1 aromatic heterocycles. The first-order chi connectivity index (χ1) is 16.2. The Bertz CT molecular complexity index is 1140. The minimum atomic E-state index is -1.06. The molecular formula is C26H28F2N2O4. The fourth-order valence-electron chi connectivity index (χ4n) is 3.60. The van der Waals surface area contributed by atoms with E-state index in [1.807, 2.05) is 13.8 Å². The quantitative estimate of drug-likeness (QED) is 0.441. The molecule has 0 aliphatic rings. The lowest BCUT2D eigenvalue weighted by Gasteiger charge is -2.14. The second-order valence-corrected chi connectivity index (χ2v) is 8.28. The molecule has 0 aliphatic carbocycles. The van der Waals surface area contributed by atoms with E-state index in [4.69, 9.17) is 4.98 Å². The number of ether oxygens (including phenoxy) is 1. The number of aromatic nitrogens is 2. The first-order valence-electron chi connectivity index (χ1n) is 10.9. The summed E-state index contributed by atoms with van der Waals surface area (Å²) in [6, 6.07) is 11.9. The van der Waals surface area contributed by atoms with Gasteiger partial charge < -0.3 is 19.5 Å². The van der Waals surface area contributed by atoms with Gasteiger partial charge in [0.15, 0.2) is 0 Å². The lowest BCUT2D eigenvalue weighted by molar-refractivity contribution is -0.143. The van der Waals surface area contributed by atoms with Gasteiger partial charge in [0.25, 0.3) is 0 Å². The van der Waals surface area contributed by atoms with E-state index >= 15 is 0 Å². The van der Waals surface area contributed by atoms with Crippen LogP contribution in [0.5, 0.6) is 0 Å². The van der Waals surface area contributed by atoms with Crippen LogP contribution < -0.4 is 0 Å². The van der Waals surface area contributed by atoms with Crippen LogP contribution >= 0.6 is 0 Å². The van der Waals surface area contributed by atoms with Crippen molar-refractivity contribution in [3.63, 3.8) is 0 Å². The van der Waals surface area contributed by atoms with Crippen molar-refractivity contribution in [2.24, 2.45) is 0 Å². The third-order valence-corrected chi connectivity index (χ3v) is 5.29. The highest BCUT2D eigenvalue weighted by molar-refractivity contribution is 5.80.